The molecule has 5 heteroatoms. The number of rotatable bonds is 3. The summed E-state index contributed by atoms with van der Waals surface area (Å²) >= 11 is 0. The highest BCUT2D eigenvalue weighted by molar-refractivity contribution is 5.75. The first-order valence-electron chi connectivity index (χ1n) is 5.33. The minimum atomic E-state index is 0.140. The number of hydrogen-bond donors (Lipinski definition) is 1. The van der Waals surface area contributed by atoms with Crippen LogP contribution in [0.3, 0.4) is 0 Å². The third kappa shape index (κ3) is 2.04. The second kappa shape index (κ2) is 4.37. The summed E-state index contributed by atoms with van der Waals surface area (Å²) in [5, 5.41) is 17.2. The predicted octanol–water partition coefficient (Wildman–Crippen LogP) is 1.91. The first kappa shape index (κ1) is 11.3. The van der Waals surface area contributed by atoms with Crippen LogP contribution in [0, 0.1) is 0 Å². The zero-order chi connectivity index (χ0) is 12.4. The summed E-state index contributed by atoms with van der Waals surface area (Å²) in [6, 6.07) is 6.45. The maximum atomic E-state index is 11.1. The van der Waals surface area contributed by atoms with Gasteiger partial charge in [-0.05, 0) is 30.2 Å². The number of carbonyl (C=O) groups is 1. The number of aromatic nitrogens is 3. The molecule has 1 heterocycles. The molecular formula is C12H13N3O2. The molecule has 0 radical (unpaired) electrons. The molecule has 0 aliphatic heterocycles. The van der Waals surface area contributed by atoms with E-state index in [1.807, 2.05) is 13.8 Å². The van der Waals surface area contributed by atoms with Crippen LogP contribution in [0.2, 0.25) is 0 Å². The van der Waals surface area contributed by atoms with Gasteiger partial charge in [-0.15, -0.1) is 5.10 Å². The van der Waals surface area contributed by atoms with E-state index in [0.29, 0.717) is 17.1 Å². The third-order valence-electron chi connectivity index (χ3n) is 2.49. The number of aldehydes is 1. The summed E-state index contributed by atoms with van der Waals surface area (Å²) in [6.45, 7) is 3.91. The molecule has 88 valence electrons. The van der Waals surface area contributed by atoms with Crippen molar-refractivity contribution >= 4 is 6.29 Å². The normalized spacial score (nSPS) is 10.8. The Morgan fingerprint density at radius 2 is 1.94 bits per heavy atom. The molecule has 0 bridgehead atoms. The van der Waals surface area contributed by atoms with Gasteiger partial charge in [0.25, 0.3) is 0 Å². The number of phenolic OH excluding ortho intramolecular Hbond substituents is 1. The Morgan fingerprint density at radius 1 is 1.29 bits per heavy atom. The summed E-state index contributed by atoms with van der Waals surface area (Å²) in [5.41, 5.74) is 1.82. The lowest BCUT2D eigenvalue weighted by Crippen LogP contribution is -2.03. The zero-order valence-corrected chi connectivity index (χ0v) is 9.66. The molecule has 0 saturated carbocycles. The van der Waals surface area contributed by atoms with Gasteiger partial charge in [0.2, 0.25) is 0 Å². The Labute approximate surface area is 98.7 Å². The minimum Gasteiger partial charge on any atom is -0.508 e. The summed E-state index contributed by atoms with van der Waals surface area (Å²) < 4.78 is 1.47. The van der Waals surface area contributed by atoms with Gasteiger partial charge in [0.1, 0.15) is 11.4 Å². The average Bonchev–Trinajstić information content (AvgIpc) is 2.73. The Hall–Kier alpha value is -2.17. The zero-order valence-electron chi connectivity index (χ0n) is 9.66. The molecule has 17 heavy (non-hydrogen) atoms. The van der Waals surface area contributed by atoms with Crippen LogP contribution >= 0.6 is 0 Å². The molecule has 0 unspecified atom stereocenters. The van der Waals surface area contributed by atoms with E-state index in [1.165, 1.54) is 4.68 Å². The standard InChI is InChI=1S/C12H13N3O2/c1-8(2)12-11(7-16)15(14-13-12)9-3-5-10(17)6-4-9/h3-8,17H,1-2H3. The first-order valence-corrected chi connectivity index (χ1v) is 5.33. The topological polar surface area (TPSA) is 68.0 Å². The highest BCUT2D eigenvalue weighted by Gasteiger charge is 2.15. The monoisotopic (exact) mass is 231 g/mol. The second-order valence-corrected chi connectivity index (χ2v) is 4.06. The van der Waals surface area contributed by atoms with Crippen molar-refractivity contribution in [2.75, 3.05) is 0 Å². The lowest BCUT2D eigenvalue weighted by molar-refractivity contribution is 0.111. The van der Waals surface area contributed by atoms with Crippen LogP contribution in [-0.4, -0.2) is 26.4 Å². The van der Waals surface area contributed by atoms with Crippen molar-refractivity contribution in [1.82, 2.24) is 15.0 Å². The molecule has 0 aliphatic rings. The summed E-state index contributed by atoms with van der Waals surface area (Å²) in [4.78, 5) is 11.1. The van der Waals surface area contributed by atoms with Crippen LogP contribution < -0.4 is 0 Å². The minimum absolute atomic E-state index is 0.140. The maximum absolute atomic E-state index is 11.1. The Balaban J connectivity index is 2.52. The molecule has 0 atom stereocenters. The number of nitrogens with zero attached hydrogens (tertiary/aromatic N) is 3. The molecule has 0 spiro atoms. The number of benzene rings is 1. The van der Waals surface area contributed by atoms with Gasteiger partial charge in [0, 0.05) is 0 Å². The fourth-order valence-corrected chi connectivity index (χ4v) is 1.61. The molecule has 0 aliphatic carbocycles. The van der Waals surface area contributed by atoms with Gasteiger partial charge < -0.3 is 5.11 Å². The van der Waals surface area contributed by atoms with Gasteiger partial charge in [-0.3, -0.25) is 4.79 Å². The molecule has 2 aromatic rings. The van der Waals surface area contributed by atoms with Gasteiger partial charge in [-0.25, -0.2) is 4.68 Å². The number of aromatic hydroxyl groups is 1. The van der Waals surface area contributed by atoms with E-state index in [4.69, 9.17) is 0 Å². The van der Waals surface area contributed by atoms with Crippen molar-refractivity contribution in [3.63, 3.8) is 0 Å². The van der Waals surface area contributed by atoms with E-state index in [2.05, 4.69) is 10.3 Å². The van der Waals surface area contributed by atoms with E-state index >= 15 is 0 Å². The fraction of sp³-hybridized carbons (Fsp3) is 0.250. The van der Waals surface area contributed by atoms with Crippen LogP contribution in [0.1, 0.15) is 35.9 Å². The summed E-state index contributed by atoms with van der Waals surface area (Å²) in [7, 11) is 0. The number of carbonyl (C=O) groups excluding carboxylic acids is 1. The van der Waals surface area contributed by atoms with Crippen molar-refractivity contribution < 1.29 is 9.90 Å². The van der Waals surface area contributed by atoms with E-state index < -0.39 is 0 Å². The Kier molecular flexibility index (Phi) is 2.91. The Bertz CT molecular complexity index is 529. The first-order chi connectivity index (χ1) is 8.13. The van der Waals surface area contributed by atoms with Crippen molar-refractivity contribution in [3.8, 4) is 11.4 Å². The van der Waals surface area contributed by atoms with Crippen LogP contribution in [0.5, 0.6) is 5.75 Å². The van der Waals surface area contributed by atoms with Crippen molar-refractivity contribution in [2.45, 2.75) is 19.8 Å². The smallest absolute Gasteiger partial charge is 0.170 e. The largest absolute Gasteiger partial charge is 0.508 e. The van der Waals surface area contributed by atoms with Gasteiger partial charge in [-0.2, -0.15) is 0 Å². The third-order valence-corrected chi connectivity index (χ3v) is 2.49. The fourth-order valence-electron chi connectivity index (χ4n) is 1.61. The second-order valence-electron chi connectivity index (χ2n) is 4.06. The molecule has 1 aromatic heterocycles. The van der Waals surface area contributed by atoms with Gasteiger partial charge in [0.05, 0.1) is 11.4 Å². The van der Waals surface area contributed by atoms with Crippen LogP contribution in [0.4, 0.5) is 0 Å². The van der Waals surface area contributed by atoms with Crippen LogP contribution in [0.25, 0.3) is 5.69 Å². The Morgan fingerprint density at radius 3 is 2.47 bits per heavy atom. The number of hydrogen-bond acceptors (Lipinski definition) is 4. The van der Waals surface area contributed by atoms with Crippen molar-refractivity contribution in [3.05, 3.63) is 35.7 Å². The molecule has 1 aromatic carbocycles. The lowest BCUT2D eigenvalue weighted by Gasteiger charge is -2.04. The average molecular weight is 231 g/mol. The predicted molar refractivity (Wildman–Crippen MR) is 62.5 cm³/mol. The van der Waals surface area contributed by atoms with Gasteiger partial charge in [-0.1, -0.05) is 19.1 Å². The van der Waals surface area contributed by atoms with E-state index in [1.54, 1.807) is 24.3 Å². The van der Waals surface area contributed by atoms with E-state index in [0.717, 1.165) is 6.29 Å². The molecule has 1 N–H and O–H groups in total. The van der Waals surface area contributed by atoms with E-state index in [9.17, 15) is 9.90 Å². The van der Waals surface area contributed by atoms with Gasteiger partial charge in [0.15, 0.2) is 6.29 Å². The highest BCUT2D eigenvalue weighted by Crippen LogP contribution is 2.19. The SMILES string of the molecule is CC(C)c1nnn(-c2ccc(O)cc2)c1C=O. The van der Waals surface area contributed by atoms with Crippen molar-refractivity contribution in [1.29, 1.82) is 0 Å². The van der Waals surface area contributed by atoms with Gasteiger partial charge >= 0.3 is 0 Å². The maximum Gasteiger partial charge on any atom is 0.170 e. The lowest BCUT2D eigenvalue weighted by atomic mass is 10.1. The molecule has 0 amide bonds. The molecule has 0 saturated heterocycles. The quantitative estimate of drug-likeness (QED) is 0.819. The summed E-state index contributed by atoms with van der Waals surface area (Å²) in [5.74, 6) is 0.312. The van der Waals surface area contributed by atoms with E-state index in [-0.39, 0.29) is 11.7 Å². The summed E-state index contributed by atoms with van der Waals surface area (Å²) in [6.07, 6.45) is 0.752. The van der Waals surface area contributed by atoms with Crippen LogP contribution in [0.15, 0.2) is 24.3 Å². The number of phenols is 1. The van der Waals surface area contributed by atoms with Crippen LogP contribution in [-0.2, 0) is 0 Å². The molecule has 2 rings (SSSR count). The van der Waals surface area contributed by atoms with Crippen molar-refractivity contribution in [2.24, 2.45) is 0 Å². The molecule has 0 fully saturated rings. The molecular weight excluding hydrogens is 218 g/mol. The molecule has 5 nitrogen and oxygen atoms in total. The highest BCUT2D eigenvalue weighted by atomic mass is 16.3.